The lowest BCUT2D eigenvalue weighted by Crippen LogP contribution is -2.57. The number of alkyl halides is 5. The maximum Gasteiger partial charge on any atom is 0.417 e. The van der Waals surface area contributed by atoms with Crippen LogP contribution in [0.1, 0.15) is 29.4 Å². The number of rotatable bonds is 5. The van der Waals surface area contributed by atoms with Gasteiger partial charge in [-0.2, -0.15) is 18.3 Å². The van der Waals surface area contributed by atoms with Gasteiger partial charge in [-0.25, -0.2) is 13.8 Å². The van der Waals surface area contributed by atoms with Gasteiger partial charge in [0.2, 0.25) is 0 Å². The number of amides is 1. The fraction of sp³-hybridized carbons (Fsp3) is 0.391. The summed E-state index contributed by atoms with van der Waals surface area (Å²) in [5.41, 5.74) is -0.0170. The summed E-state index contributed by atoms with van der Waals surface area (Å²) < 4.78 is 68.9. The van der Waals surface area contributed by atoms with Gasteiger partial charge in [-0.3, -0.25) is 14.5 Å². The fourth-order valence-corrected chi connectivity index (χ4v) is 4.25. The van der Waals surface area contributed by atoms with E-state index in [9.17, 15) is 26.7 Å². The number of halogens is 5. The van der Waals surface area contributed by atoms with Crippen molar-refractivity contribution in [2.45, 2.75) is 31.5 Å². The SMILES string of the molecule is C[C@@H]1CC(F)(F)CN(C(=O)c2nn(C)cc2-c2ccccn2)C1CNc1ccc(C(F)(F)F)cn1. The molecule has 2 atom stereocenters. The minimum atomic E-state index is -4.52. The minimum absolute atomic E-state index is 0.00578. The predicted molar refractivity (Wildman–Crippen MR) is 118 cm³/mol. The number of carbonyl (C=O) groups excluding carboxylic acids is 1. The second-order valence-electron chi connectivity index (χ2n) is 8.63. The first kappa shape index (κ1) is 24.6. The average Bonchev–Trinajstić information content (AvgIpc) is 3.19. The Bertz CT molecular complexity index is 1180. The third kappa shape index (κ3) is 5.41. The largest absolute Gasteiger partial charge is 0.417 e. The van der Waals surface area contributed by atoms with Gasteiger partial charge >= 0.3 is 6.18 Å². The number of aromatic nitrogens is 4. The van der Waals surface area contributed by atoms with Crippen LogP contribution in [0.3, 0.4) is 0 Å². The molecule has 1 aliphatic heterocycles. The number of nitrogens with zero attached hydrogens (tertiary/aromatic N) is 5. The molecule has 1 unspecified atom stereocenters. The van der Waals surface area contributed by atoms with Crippen LogP contribution in [0, 0.1) is 5.92 Å². The van der Waals surface area contributed by atoms with Crippen LogP contribution in [0.25, 0.3) is 11.3 Å². The predicted octanol–water partition coefficient (Wildman–Crippen LogP) is 4.49. The Labute approximate surface area is 198 Å². The first-order valence-electron chi connectivity index (χ1n) is 10.9. The van der Waals surface area contributed by atoms with Gasteiger partial charge in [0.05, 0.1) is 29.4 Å². The first-order valence-corrected chi connectivity index (χ1v) is 10.9. The Morgan fingerprint density at radius 3 is 2.60 bits per heavy atom. The molecule has 0 bridgehead atoms. The van der Waals surface area contributed by atoms with E-state index in [0.29, 0.717) is 17.5 Å². The molecular formula is C23H23F5N6O. The Balaban J connectivity index is 1.60. The Morgan fingerprint density at radius 2 is 1.97 bits per heavy atom. The molecule has 0 spiro atoms. The molecule has 3 aromatic rings. The average molecular weight is 494 g/mol. The molecule has 35 heavy (non-hydrogen) atoms. The van der Waals surface area contributed by atoms with E-state index in [1.54, 1.807) is 44.6 Å². The van der Waals surface area contributed by atoms with E-state index < -0.39 is 48.5 Å². The summed E-state index contributed by atoms with van der Waals surface area (Å²) in [6, 6.07) is 6.51. The van der Waals surface area contributed by atoms with Crippen LogP contribution in [0.15, 0.2) is 48.9 Å². The van der Waals surface area contributed by atoms with Crippen molar-refractivity contribution in [3.8, 4) is 11.3 Å². The quantitative estimate of drug-likeness (QED) is 0.529. The molecule has 4 heterocycles. The molecular weight excluding hydrogens is 471 g/mol. The molecule has 0 aromatic carbocycles. The highest BCUT2D eigenvalue weighted by atomic mass is 19.4. The zero-order valence-corrected chi connectivity index (χ0v) is 18.9. The van der Waals surface area contributed by atoms with E-state index in [0.717, 1.165) is 17.0 Å². The molecule has 0 saturated carbocycles. The molecule has 12 heteroatoms. The zero-order chi connectivity index (χ0) is 25.4. The van der Waals surface area contributed by atoms with Crippen LogP contribution >= 0.6 is 0 Å². The monoisotopic (exact) mass is 494 g/mol. The van der Waals surface area contributed by atoms with Crippen LogP contribution in [-0.4, -0.2) is 55.6 Å². The molecule has 1 N–H and O–H groups in total. The van der Waals surface area contributed by atoms with E-state index in [1.807, 2.05) is 0 Å². The van der Waals surface area contributed by atoms with Crippen molar-refractivity contribution in [1.82, 2.24) is 24.6 Å². The number of nitrogens with one attached hydrogen (secondary N) is 1. The van der Waals surface area contributed by atoms with Crippen molar-refractivity contribution in [2.24, 2.45) is 13.0 Å². The van der Waals surface area contributed by atoms with Crippen molar-refractivity contribution in [3.63, 3.8) is 0 Å². The Morgan fingerprint density at radius 1 is 1.20 bits per heavy atom. The van der Waals surface area contributed by atoms with E-state index in [4.69, 9.17) is 0 Å². The van der Waals surface area contributed by atoms with Crippen molar-refractivity contribution in [1.29, 1.82) is 0 Å². The molecule has 3 aromatic heterocycles. The van der Waals surface area contributed by atoms with Gasteiger partial charge in [0.15, 0.2) is 5.69 Å². The standard InChI is InChI=1S/C23H23F5N6O/c1-14-9-22(24,25)13-34(18(14)11-31-19-7-6-15(10-30-19)23(26,27)28)21(35)20-16(12-33(2)32-20)17-5-3-4-8-29-17/h3-8,10,12,14,18H,9,11,13H2,1-2H3,(H,30,31)/t14-,18?/m1/s1. The third-order valence-corrected chi connectivity index (χ3v) is 5.90. The second kappa shape index (κ2) is 9.23. The number of anilines is 1. The lowest BCUT2D eigenvalue weighted by Gasteiger charge is -2.43. The van der Waals surface area contributed by atoms with Crippen LogP contribution in [-0.2, 0) is 13.2 Å². The summed E-state index contributed by atoms with van der Waals surface area (Å²) in [5, 5.41) is 7.11. The molecule has 7 nitrogen and oxygen atoms in total. The van der Waals surface area contributed by atoms with Crippen LogP contribution in [0.2, 0.25) is 0 Å². The smallest absolute Gasteiger partial charge is 0.368 e. The number of likely N-dealkylation sites (tertiary alicyclic amines) is 1. The second-order valence-corrected chi connectivity index (χ2v) is 8.63. The van der Waals surface area contributed by atoms with Gasteiger partial charge in [-0.05, 0) is 30.2 Å². The summed E-state index contributed by atoms with van der Waals surface area (Å²) in [4.78, 5) is 22.6. The van der Waals surface area contributed by atoms with Crippen molar-refractivity contribution in [3.05, 3.63) is 60.2 Å². The van der Waals surface area contributed by atoms with Gasteiger partial charge < -0.3 is 10.2 Å². The highest BCUT2D eigenvalue weighted by molar-refractivity contribution is 5.98. The topological polar surface area (TPSA) is 75.9 Å². The molecule has 4 rings (SSSR count). The maximum atomic E-state index is 14.5. The van der Waals surface area contributed by atoms with Crippen molar-refractivity contribution >= 4 is 11.7 Å². The number of carbonyl (C=O) groups is 1. The Kier molecular flexibility index (Phi) is 6.48. The van der Waals surface area contributed by atoms with Gasteiger partial charge in [0.25, 0.3) is 11.8 Å². The highest BCUT2D eigenvalue weighted by Gasteiger charge is 2.47. The van der Waals surface area contributed by atoms with Crippen molar-refractivity contribution in [2.75, 3.05) is 18.4 Å². The van der Waals surface area contributed by atoms with E-state index in [1.165, 1.54) is 4.68 Å². The van der Waals surface area contributed by atoms with Crippen LogP contribution < -0.4 is 5.32 Å². The summed E-state index contributed by atoms with van der Waals surface area (Å²) in [5.74, 6) is -4.24. The molecule has 1 aliphatic rings. The van der Waals surface area contributed by atoms with Gasteiger partial charge in [0.1, 0.15) is 5.82 Å². The fourth-order valence-electron chi connectivity index (χ4n) is 4.25. The first-order chi connectivity index (χ1) is 16.4. The number of hydrogen-bond acceptors (Lipinski definition) is 5. The lowest BCUT2D eigenvalue weighted by atomic mass is 9.88. The molecule has 1 amide bonds. The summed E-state index contributed by atoms with van der Waals surface area (Å²) >= 11 is 0. The molecule has 186 valence electrons. The summed E-state index contributed by atoms with van der Waals surface area (Å²) in [6.45, 7) is 0.826. The highest BCUT2D eigenvalue weighted by Crippen LogP contribution is 2.36. The number of hydrogen-bond donors (Lipinski definition) is 1. The third-order valence-electron chi connectivity index (χ3n) is 5.90. The Hall–Kier alpha value is -3.57. The lowest BCUT2D eigenvalue weighted by molar-refractivity contribution is -0.137. The van der Waals surface area contributed by atoms with E-state index in [2.05, 4.69) is 20.4 Å². The summed E-state index contributed by atoms with van der Waals surface area (Å²) in [6.07, 6.45) is -1.11. The zero-order valence-electron chi connectivity index (χ0n) is 18.9. The van der Waals surface area contributed by atoms with Crippen LogP contribution in [0.4, 0.5) is 27.8 Å². The molecule has 1 saturated heterocycles. The maximum absolute atomic E-state index is 14.5. The number of aryl methyl sites for hydroxylation is 1. The van der Waals surface area contributed by atoms with Gasteiger partial charge in [-0.15, -0.1) is 0 Å². The molecule has 1 fully saturated rings. The van der Waals surface area contributed by atoms with Crippen molar-refractivity contribution < 1.29 is 26.7 Å². The molecule has 0 radical (unpaired) electrons. The van der Waals surface area contributed by atoms with Crippen LogP contribution in [0.5, 0.6) is 0 Å². The number of piperidine rings is 1. The summed E-state index contributed by atoms with van der Waals surface area (Å²) in [7, 11) is 1.62. The normalized spacial score (nSPS) is 20.0. The number of pyridine rings is 2. The van der Waals surface area contributed by atoms with E-state index >= 15 is 0 Å². The minimum Gasteiger partial charge on any atom is -0.368 e. The molecule has 0 aliphatic carbocycles. The van der Waals surface area contributed by atoms with E-state index in [-0.39, 0.29) is 18.1 Å². The van der Waals surface area contributed by atoms with Gasteiger partial charge in [0, 0.05) is 38.6 Å². The van der Waals surface area contributed by atoms with Gasteiger partial charge in [-0.1, -0.05) is 13.0 Å².